The Bertz CT molecular complexity index is 635. The van der Waals surface area contributed by atoms with Crippen LogP contribution in [0.4, 0.5) is 0 Å². The van der Waals surface area contributed by atoms with E-state index in [4.69, 9.17) is 4.42 Å². The van der Waals surface area contributed by atoms with Gasteiger partial charge in [0.1, 0.15) is 11.2 Å². The lowest BCUT2D eigenvalue weighted by molar-refractivity contribution is 0.616. The summed E-state index contributed by atoms with van der Waals surface area (Å²) in [5, 5.41) is 0. The van der Waals surface area contributed by atoms with Crippen molar-refractivity contribution in [3.63, 3.8) is 0 Å². The molecular formula is C15H14N2O. The van der Waals surface area contributed by atoms with Crippen molar-refractivity contribution in [3.05, 3.63) is 48.2 Å². The Hall–Kier alpha value is -2.16. The Labute approximate surface area is 105 Å². The highest BCUT2D eigenvalue weighted by Gasteiger charge is 2.09. The number of hydrogen-bond acceptors (Lipinski definition) is 3. The van der Waals surface area contributed by atoms with Crippen molar-refractivity contribution in [1.29, 1.82) is 0 Å². The fourth-order valence-corrected chi connectivity index (χ4v) is 1.86. The summed E-state index contributed by atoms with van der Waals surface area (Å²) in [5.74, 6) is 1.06. The summed E-state index contributed by atoms with van der Waals surface area (Å²) in [4.78, 5) is 8.84. The second-order valence-corrected chi connectivity index (χ2v) is 4.62. The molecule has 3 rings (SSSR count). The number of benzene rings is 1. The van der Waals surface area contributed by atoms with Crippen LogP contribution in [0.3, 0.4) is 0 Å². The molecule has 0 spiro atoms. The van der Waals surface area contributed by atoms with Gasteiger partial charge >= 0.3 is 0 Å². The van der Waals surface area contributed by atoms with Crippen LogP contribution in [0.25, 0.3) is 22.7 Å². The zero-order valence-electron chi connectivity index (χ0n) is 10.4. The van der Waals surface area contributed by atoms with E-state index in [-0.39, 0.29) is 0 Å². The van der Waals surface area contributed by atoms with Gasteiger partial charge in [-0.05, 0) is 29.7 Å². The Morgan fingerprint density at radius 1 is 1.06 bits per heavy atom. The zero-order valence-corrected chi connectivity index (χ0v) is 10.4. The van der Waals surface area contributed by atoms with E-state index in [1.165, 1.54) is 5.56 Å². The van der Waals surface area contributed by atoms with Crippen LogP contribution >= 0.6 is 0 Å². The summed E-state index contributed by atoms with van der Waals surface area (Å²) >= 11 is 0. The standard InChI is InChI=1S/C15H14N2O/c1-10(2)11-7-8-13(16-9-11)15-17-12-5-3-4-6-14(12)18-15/h3-10H,1-2H3. The molecule has 0 amide bonds. The molecule has 0 aliphatic rings. The molecule has 2 heterocycles. The average molecular weight is 238 g/mol. The molecule has 0 fully saturated rings. The van der Waals surface area contributed by atoms with E-state index in [0.717, 1.165) is 16.8 Å². The molecule has 3 aromatic rings. The molecule has 3 heteroatoms. The molecule has 0 saturated heterocycles. The number of oxazole rings is 1. The third kappa shape index (κ3) is 1.88. The highest BCUT2D eigenvalue weighted by Crippen LogP contribution is 2.23. The topological polar surface area (TPSA) is 38.9 Å². The first-order chi connectivity index (χ1) is 8.74. The van der Waals surface area contributed by atoms with E-state index in [0.29, 0.717) is 11.8 Å². The van der Waals surface area contributed by atoms with Crippen molar-refractivity contribution >= 4 is 11.1 Å². The first-order valence-corrected chi connectivity index (χ1v) is 6.06. The summed E-state index contributed by atoms with van der Waals surface area (Å²) in [6.45, 7) is 4.30. The maximum Gasteiger partial charge on any atom is 0.246 e. The van der Waals surface area contributed by atoms with E-state index < -0.39 is 0 Å². The number of pyridine rings is 1. The van der Waals surface area contributed by atoms with Gasteiger partial charge in [-0.2, -0.15) is 0 Å². The number of nitrogens with zero attached hydrogens (tertiary/aromatic N) is 2. The van der Waals surface area contributed by atoms with Crippen LogP contribution in [0.15, 0.2) is 47.0 Å². The summed E-state index contributed by atoms with van der Waals surface area (Å²) < 4.78 is 5.68. The van der Waals surface area contributed by atoms with Crippen LogP contribution in [-0.4, -0.2) is 9.97 Å². The monoisotopic (exact) mass is 238 g/mol. The number of rotatable bonds is 2. The minimum atomic E-state index is 0.482. The second-order valence-electron chi connectivity index (χ2n) is 4.62. The molecule has 3 nitrogen and oxygen atoms in total. The van der Waals surface area contributed by atoms with Gasteiger partial charge in [-0.1, -0.05) is 32.0 Å². The smallest absolute Gasteiger partial charge is 0.246 e. The van der Waals surface area contributed by atoms with E-state index in [9.17, 15) is 0 Å². The van der Waals surface area contributed by atoms with Gasteiger partial charge in [0, 0.05) is 6.20 Å². The lowest BCUT2D eigenvalue weighted by Crippen LogP contribution is -1.90. The lowest BCUT2D eigenvalue weighted by atomic mass is 10.1. The number of fused-ring (bicyclic) bond motifs is 1. The molecule has 0 aliphatic carbocycles. The zero-order chi connectivity index (χ0) is 12.5. The average Bonchev–Trinajstić information content (AvgIpc) is 2.82. The van der Waals surface area contributed by atoms with Gasteiger partial charge < -0.3 is 4.42 Å². The van der Waals surface area contributed by atoms with Crippen LogP contribution in [0, 0.1) is 0 Å². The van der Waals surface area contributed by atoms with E-state index in [2.05, 4.69) is 29.9 Å². The Kier molecular flexibility index (Phi) is 2.59. The van der Waals surface area contributed by atoms with Crippen molar-refractivity contribution in [2.75, 3.05) is 0 Å². The van der Waals surface area contributed by atoms with E-state index >= 15 is 0 Å². The first-order valence-electron chi connectivity index (χ1n) is 6.06. The first kappa shape index (κ1) is 11.0. The van der Waals surface area contributed by atoms with Crippen LogP contribution in [0.1, 0.15) is 25.3 Å². The van der Waals surface area contributed by atoms with Gasteiger partial charge in [0.15, 0.2) is 5.58 Å². The van der Waals surface area contributed by atoms with Crippen molar-refractivity contribution in [1.82, 2.24) is 9.97 Å². The van der Waals surface area contributed by atoms with Crippen LogP contribution in [0.2, 0.25) is 0 Å². The van der Waals surface area contributed by atoms with Gasteiger partial charge in [0.2, 0.25) is 5.89 Å². The molecule has 0 N–H and O–H groups in total. The van der Waals surface area contributed by atoms with Crippen molar-refractivity contribution in [2.24, 2.45) is 0 Å². The molecule has 1 aromatic carbocycles. The molecule has 2 aromatic heterocycles. The lowest BCUT2D eigenvalue weighted by Gasteiger charge is -2.03. The molecule has 0 saturated carbocycles. The minimum Gasteiger partial charge on any atom is -0.435 e. The van der Waals surface area contributed by atoms with Gasteiger partial charge in [0.25, 0.3) is 0 Å². The fourth-order valence-electron chi connectivity index (χ4n) is 1.86. The third-order valence-electron chi connectivity index (χ3n) is 2.97. The highest BCUT2D eigenvalue weighted by atomic mass is 16.3. The molecule has 0 aliphatic heterocycles. The minimum absolute atomic E-state index is 0.482. The van der Waals surface area contributed by atoms with Gasteiger partial charge in [-0.3, -0.25) is 4.98 Å². The quantitative estimate of drug-likeness (QED) is 0.677. The summed E-state index contributed by atoms with van der Waals surface area (Å²) in [7, 11) is 0. The summed E-state index contributed by atoms with van der Waals surface area (Å²) in [5.41, 5.74) is 3.65. The second kappa shape index (κ2) is 4.26. The maximum absolute atomic E-state index is 5.68. The van der Waals surface area contributed by atoms with Gasteiger partial charge in [-0.25, -0.2) is 4.98 Å². The van der Waals surface area contributed by atoms with Crippen molar-refractivity contribution < 1.29 is 4.42 Å². The Morgan fingerprint density at radius 3 is 2.56 bits per heavy atom. The van der Waals surface area contributed by atoms with Crippen LogP contribution in [0.5, 0.6) is 0 Å². The summed E-state index contributed by atoms with van der Waals surface area (Å²) in [6.07, 6.45) is 1.88. The molecule has 0 bridgehead atoms. The molecule has 0 radical (unpaired) electrons. The third-order valence-corrected chi connectivity index (χ3v) is 2.97. The molecule has 90 valence electrons. The normalized spacial score (nSPS) is 11.3. The fraction of sp³-hybridized carbons (Fsp3) is 0.200. The number of aromatic nitrogens is 2. The SMILES string of the molecule is CC(C)c1ccc(-c2nc3ccccc3o2)nc1. The van der Waals surface area contributed by atoms with Gasteiger partial charge in [0.05, 0.1) is 0 Å². The number of hydrogen-bond donors (Lipinski definition) is 0. The molecule has 18 heavy (non-hydrogen) atoms. The van der Waals surface area contributed by atoms with E-state index in [1.807, 2.05) is 36.5 Å². The molecule has 0 unspecified atom stereocenters. The van der Waals surface area contributed by atoms with Crippen LogP contribution in [-0.2, 0) is 0 Å². The molecule has 0 atom stereocenters. The molecular weight excluding hydrogens is 224 g/mol. The van der Waals surface area contributed by atoms with Crippen molar-refractivity contribution in [2.45, 2.75) is 19.8 Å². The van der Waals surface area contributed by atoms with Gasteiger partial charge in [-0.15, -0.1) is 0 Å². The Morgan fingerprint density at radius 2 is 1.89 bits per heavy atom. The Balaban J connectivity index is 2.03. The largest absolute Gasteiger partial charge is 0.435 e. The predicted molar refractivity (Wildman–Crippen MR) is 71.3 cm³/mol. The van der Waals surface area contributed by atoms with Crippen LogP contribution < -0.4 is 0 Å². The highest BCUT2D eigenvalue weighted by molar-refractivity contribution is 5.75. The van der Waals surface area contributed by atoms with Crippen molar-refractivity contribution in [3.8, 4) is 11.6 Å². The number of para-hydroxylation sites is 2. The maximum atomic E-state index is 5.68. The predicted octanol–water partition coefficient (Wildman–Crippen LogP) is 4.01. The summed E-state index contributed by atoms with van der Waals surface area (Å²) in [6, 6.07) is 11.8. The van der Waals surface area contributed by atoms with E-state index in [1.54, 1.807) is 0 Å².